The fourth-order valence-electron chi connectivity index (χ4n) is 2.24. The molecule has 1 aliphatic heterocycles. The zero-order valence-corrected chi connectivity index (χ0v) is 10.4. The maximum absolute atomic E-state index is 11.8. The van der Waals surface area contributed by atoms with Crippen LogP contribution in [0.5, 0.6) is 0 Å². The lowest BCUT2D eigenvalue weighted by molar-refractivity contribution is -0.120. The Labute approximate surface area is 101 Å². The molecule has 16 heavy (non-hydrogen) atoms. The molecule has 0 radical (unpaired) electrons. The number of thiophene rings is 1. The van der Waals surface area contributed by atoms with E-state index in [1.54, 1.807) is 11.3 Å². The molecule has 1 atom stereocenters. The van der Waals surface area contributed by atoms with E-state index in [2.05, 4.69) is 22.8 Å². The van der Waals surface area contributed by atoms with Crippen molar-refractivity contribution < 1.29 is 4.79 Å². The molecule has 0 aromatic carbocycles. The highest BCUT2D eigenvalue weighted by atomic mass is 32.1. The van der Waals surface area contributed by atoms with Gasteiger partial charge in [0.05, 0.1) is 0 Å². The lowest BCUT2D eigenvalue weighted by Crippen LogP contribution is -2.31. The van der Waals surface area contributed by atoms with Gasteiger partial charge in [-0.05, 0) is 49.7 Å². The van der Waals surface area contributed by atoms with Crippen LogP contribution in [0.4, 0.5) is 0 Å². The van der Waals surface area contributed by atoms with Gasteiger partial charge in [0.25, 0.3) is 0 Å². The number of Topliss-reactive ketones (excluding diaryl/α,β-unsaturated/α-hetero) is 1. The fraction of sp³-hybridized carbons (Fsp3) is 0.615. The second-order valence-electron chi connectivity index (χ2n) is 4.53. The van der Waals surface area contributed by atoms with Crippen molar-refractivity contribution in [3.05, 3.63) is 22.4 Å². The van der Waals surface area contributed by atoms with Gasteiger partial charge < -0.3 is 5.32 Å². The van der Waals surface area contributed by atoms with Crippen molar-refractivity contribution in [3.63, 3.8) is 0 Å². The Hall–Kier alpha value is -0.670. The van der Waals surface area contributed by atoms with Gasteiger partial charge in [-0.1, -0.05) is 6.07 Å². The van der Waals surface area contributed by atoms with E-state index in [1.165, 1.54) is 17.7 Å². The monoisotopic (exact) mass is 237 g/mol. The molecular weight excluding hydrogens is 218 g/mol. The van der Waals surface area contributed by atoms with Crippen LogP contribution in [0.3, 0.4) is 0 Å². The number of rotatable bonds is 5. The minimum atomic E-state index is 0.433. The Kier molecular flexibility index (Phi) is 4.55. The Bertz CT molecular complexity index is 315. The van der Waals surface area contributed by atoms with E-state index in [9.17, 15) is 4.79 Å². The Morgan fingerprint density at radius 2 is 2.50 bits per heavy atom. The molecule has 1 saturated heterocycles. The molecule has 1 N–H and O–H groups in total. The van der Waals surface area contributed by atoms with Crippen molar-refractivity contribution in [2.45, 2.75) is 32.1 Å². The quantitative estimate of drug-likeness (QED) is 0.853. The van der Waals surface area contributed by atoms with Crippen molar-refractivity contribution in [3.8, 4) is 0 Å². The fourth-order valence-corrected chi connectivity index (χ4v) is 2.95. The number of ketones is 1. The molecule has 2 rings (SSSR count). The Balaban J connectivity index is 1.67. The highest BCUT2D eigenvalue weighted by Gasteiger charge is 2.16. The molecule has 3 heteroatoms. The molecule has 1 aliphatic rings. The van der Waals surface area contributed by atoms with Crippen LogP contribution in [0, 0.1) is 5.92 Å². The Morgan fingerprint density at radius 1 is 1.56 bits per heavy atom. The first-order valence-corrected chi connectivity index (χ1v) is 6.97. The van der Waals surface area contributed by atoms with E-state index >= 15 is 0 Å². The first-order valence-electron chi connectivity index (χ1n) is 6.09. The van der Waals surface area contributed by atoms with Gasteiger partial charge in [-0.2, -0.15) is 0 Å². The van der Waals surface area contributed by atoms with Crippen LogP contribution in [0.2, 0.25) is 0 Å². The van der Waals surface area contributed by atoms with E-state index in [1.807, 2.05) is 0 Å². The average Bonchev–Trinajstić information content (AvgIpc) is 2.81. The van der Waals surface area contributed by atoms with Crippen LogP contribution in [-0.2, 0) is 11.2 Å². The van der Waals surface area contributed by atoms with E-state index < -0.39 is 0 Å². The lowest BCUT2D eigenvalue weighted by atomic mass is 9.93. The summed E-state index contributed by atoms with van der Waals surface area (Å²) in [5, 5.41) is 5.43. The summed E-state index contributed by atoms with van der Waals surface area (Å²) in [7, 11) is 0. The highest BCUT2D eigenvalue weighted by Crippen LogP contribution is 2.17. The zero-order valence-electron chi connectivity index (χ0n) is 9.58. The molecule has 2 heterocycles. The molecule has 88 valence electrons. The summed E-state index contributed by atoms with van der Waals surface area (Å²) in [6, 6.07) is 4.16. The third-order valence-electron chi connectivity index (χ3n) is 3.15. The van der Waals surface area contributed by atoms with Crippen molar-refractivity contribution >= 4 is 17.1 Å². The van der Waals surface area contributed by atoms with Crippen LogP contribution in [0.25, 0.3) is 0 Å². The van der Waals surface area contributed by atoms with Crippen molar-refractivity contribution in [2.75, 3.05) is 13.1 Å². The van der Waals surface area contributed by atoms with E-state index in [4.69, 9.17) is 0 Å². The third kappa shape index (κ3) is 3.72. The molecule has 1 unspecified atom stereocenters. The van der Waals surface area contributed by atoms with Gasteiger partial charge in [0.2, 0.25) is 0 Å². The number of piperidine rings is 1. The highest BCUT2D eigenvalue weighted by molar-refractivity contribution is 7.09. The van der Waals surface area contributed by atoms with Crippen LogP contribution < -0.4 is 5.32 Å². The largest absolute Gasteiger partial charge is 0.316 e. The van der Waals surface area contributed by atoms with Gasteiger partial charge in [-0.3, -0.25) is 4.79 Å². The summed E-state index contributed by atoms with van der Waals surface area (Å²) >= 11 is 1.75. The smallest absolute Gasteiger partial charge is 0.133 e. The van der Waals surface area contributed by atoms with Crippen molar-refractivity contribution in [1.82, 2.24) is 5.32 Å². The molecule has 0 amide bonds. The van der Waals surface area contributed by atoms with Crippen LogP contribution in [-0.4, -0.2) is 18.9 Å². The number of nitrogens with one attached hydrogen (secondary N) is 1. The molecule has 0 spiro atoms. The second kappa shape index (κ2) is 6.16. The van der Waals surface area contributed by atoms with E-state index in [0.29, 0.717) is 11.7 Å². The maximum atomic E-state index is 11.8. The topological polar surface area (TPSA) is 29.1 Å². The molecule has 0 saturated carbocycles. The van der Waals surface area contributed by atoms with E-state index in [0.717, 1.165) is 32.4 Å². The lowest BCUT2D eigenvalue weighted by Gasteiger charge is -2.21. The first kappa shape index (κ1) is 11.8. The van der Waals surface area contributed by atoms with Crippen LogP contribution in [0.15, 0.2) is 17.5 Å². The molecule has 0 bridgehead atoms. The van der Waals surface area contributed by atoms with Gasteiger partial charge in [0.1, 0.15) is 5.78 Å². The number of aryl methyl sites for hydroxylation is 1. The third-order valence-corrected chi connectivity index (χ3v) is 4.08. The molecule has 1 aromatic rings. The van der Waals surface area contributed by atoms with Gasteiger partial charge in [0, 0.05) is 17.7 Å². The predicted molar refractivity (Wildman–Crippen MR) is 67.9 cm³/mol. The number of carbonyl (C=O) groups excluding carboxylic acids is 1. The van der Waals surface area contributed by atoms with Crippen molar-refractivity contribution in [2.24, 2.45) is 5.92 Å². The standard InChI is InChI=1S/C13H19NOS/c15-12(5-6-13-4-2-8-16-13)9-11-3-1-7-14-10-11/h2,4,8,11,14H,1,3,5-7,9-10H2. The molecule has 0 aliphatic carbocycles. The summed E-state index contributed by atoms with van der Waals surface area (Å²) in [6.45, 7) is 2.16. The van der Waals surface area contributed by atoms with Gasteiger partial charge in [-0.15, -0.1) is 11.3 Å². The van der Waals surface area contributed by atoms with Gasteiger partial charge >= 0.3 is 0 Å². The number of hydrogen-bond donors (Lipinski definition) is 1. The van der Waals surface area contributed by atoms with Crippen LogP contribution >= 0.6 is 11.3 Å². The molecule has 1 aromatic heterocycles. The minimum Gasteiger partial charge on any atom is -0.316 e. The summed E-state index contributed by atoms with van der Waals surface area (Å²) in [5.41, 5.74) is 0. The van der Waals surface area contributed by atoms with Gasteiger partial charge in [0.15, 0.2) is 0 Å². The molecule has 1 fully saturated rings. The van der Waals surface area contributed by atoms with Crippen LogP contribution in [0.1, 0.15) is 30.6 Å². The molecule has 2 nitrogen and oxygen atoms in total. The summed E-state index contributed by atoms with van der Waals surface area (Å²) < 4.78 is 0. The number of hydrogen-bond acceptors (Lipinski definition) is 3. The average molecular weight is 237 g/mol. The number of carbonyl (C=O) groups is 1. The maximum Gasteiger partial charge on any atom is 0.133 e. The normalized spacial score (nSPS) is 20.9. The molecular formula is C13H19NOS. The zero-order chi connectivity index (χ0) is 11.2. The Morgan fingerprint density at radius 3 is 3.19 bits per heavy atom. The second-order valence-corrected chi connectivity index (χ2v) is 5.57. The van der Waals surface area contributed by atoms with Crippen molar-refractivity contribution in [1.29, 1.82) is 0 Å². The summed E-state index contributed by atoms with van der Waals surface area (Å²) in [6.07, 6.45) is 4.87. The predicted octanol–water partition coefficient (Wildman–Crippen LogP) is 2.64. The minimum absolute atomic E-state index is 0.433. The van der Waals surface area contributed by atoms with Gasteiger partial charge in [-0.25, -0.2) is 0 Å². The first-order chi connectivity index (χ1) is 7.84. The summed E-state index contributed by atoms with van der Waals surface area (Å²) in [5.74, 6) is 1.02. The van der Waals surface area contributed by atoms with E-state index in [-0.39, 0.29) is 0 Å². The summed E-state index contributed by atoms with van der Waals surface area (Å²) in [4.78, 5) is 13.1. The SMILES string of the molecule is O=C(CCc1cccs1)CC1CCCNC1.